The van der Waals surface area contributed by atoms with Crippen LogP contribution in [0.15, 0.2) is 30.3 Å². The second-order valence-corrected chi connectivity index (χ2v) is 5.24. The van der Waals surface area contributed by atoms with Crippen molar-refractivity contribution in [2.75, 3.05) is 13.7 Å². The molecule has 1 amide bonds. The highest BCUT2D eigenvalue weighted by Gasteiger charge is 2.33. The predicted molar refractivity (Wildman–Crippen MR) is 78.5 cm³/mol. The number of carbonyl (C=O) groups is 1. The van der Waals surface area contributed by atoms with E-state index in [-0.39, 0.29) is 12.5 Å². The summed E-state index contributed by atoms with van der Waals surface area (Å²) in [6.45, 7) is 0.00569. The van der Waals surface area contributed by atoms with Gasteiger partial charge in [0.05, 0.1) is 19.3 Å². The third-order valence-electron chi connectivity index (χ3n) is 3.77. The first-order valence-electron chi connectivity index (χ1n) is 6.93. The predicted octanol–water partition coefficient (Wildman–Crippen LogP) is 2.13. The summed E-state index contributed by atoms with van der Waals surface area (Å²) in [7, 11) is 1.61. The Hall–Kier alpha value is -1.81. The first kappa shape index (κ1) is 14.6. The van der Waals surface area contributed by atoms with Crippen LogP contribution >= 0.6 is 0 Å². The van der Waals surface area contributed by atoms with Gasteiger partial charge in [-0.25, -0.2) is 0 Å². The quantitative estimate of drug-likeness (QED) is 0.809. The Balaban J connectivity index is 1.98. The first-order valence-corrected chi connectivity index (χ1v) is 6.93. The summed E-state index contributed by atoms with van der Waals surface area (Å²) in [5.41, 5.74) is 0.486. The molecule has 1 aromatic rings. The number of hydrogen-bond donors (Lipinski definition) is 2. The maximum Gasteiger partial charge on any atom is 0.244 e. The average molecular weight is 275 g/mol. The van der Waals surface area contributed by atoms with E-state index in [1.807, 2.05) is 24.3 Å². The van der Waals surface area contributed by atoms with Crippen LogP contribution in [0.5, 0.6) is 5.75 Å². The van der Waals surface area contributed by atoms with Gasteiger partial charge in [-0.3, -0.25) is 4.79 Å². The van der Waals surface area contributed by atoms with Crippen LogP contribution in [0, 0.1) is 0 Å². The van der Waals surface area contributed by atoms with E-state index >= 15 is 0 Å². The minimum Gasteiger partial charge on any atom is -0.497 e. The molecular weight excluding hydrogens is 254 g/mol. The van der Waals surface area contributed by atoms with Gasteiger partial charge in [0, 0.05) is 6.08 Å². The highest BCUT2D eigenvalue weighted by molar-refractivity contribution is 5.92. The highest BCUT2D eigenvalue weighted by Crippen LogP contribution is 2.29. The molecule has 0 aromatic heterocycles. The maximum atomic E-state index is 12.0. The van der Waals surface area contributed by atoms with Crippen molar-refractivity contribution in [1.82, 2.24) is 5.32 Å². The smallest absolute Gasteiger partial charge is 0.244 e. The van der Waals surface area contributed by atoms with Crippen molar-refractivity contribution in [3.8, 4) is 5.75 Å². The second kappa shape index (κ2) is 6.57. The number of hydrogen-bond acceptors (Lipinski definition) is 3. The summed E-state index contributed by atoms with van der Waals surface area (Å²) < 4.78 is 5.14. The molecule has 0 heterocycles. The molecule has 1 aliphatic rings. The highest BCUT2D eigenvalue weighted by atomic mass is 16.5. The SMILES string of the molecule is COc1cccc(C=CC(=O)NC2(CO)CCCC2)c1. The van der Waals surface area contributed by atoms with E-state index in [1.165, 1.54) is 6.08 Å². The fourth-order valence-corrected chi connectivity index (χ4v) is 2.59. The Morgan fingerprint density at radius 1 is 1.45 bits per heavy atom. The summed E-state index contributed by atoms with van der Waals surface area (Å²) in [6, 6.07) is 7.50. The van der Waals surface area contributed by atoms with Crippen molar-refractivity contribution < 1.29 is 14.6 Å². The van der Waals surface area contributed by atoms with Crippen LogP contribution in [-0.2, 0) is 4.79 Å². The van der Waals surface area contributed by atoms with Gasteiger partial charge in [0.2, 0.25) is 5.91 Å². The third kappa shape index (κ3) is 3.61. The van der Waals surface area contributed by atoms with Crippen LogP contribution in [0.4, 0.5) is 0 Å². The third-order valence-corrected chi connectivity index (χ3v) is 3.77. The number of aliphatic hydroxyl groups excluding tert-OH is 1. The Labute approximate surface area is 119 Å². The van der Waals surface area contributed by atoms with Crippen LogP contribution in [-0.4, -0.2) is 30.3 Å². The molecule has 0 radical (unpaired) electrons. The normalized spacial score (nSPS) is 17.3. The number of benzene rings is 1. The van der Waals surface area contributed by atoms with E-state index in [2.05, 4.69) is 5.32 Å². The van der Waals surface area contributed by atoms with Crippen LogP contribution < -0.4 is 10.1 Å². The van der Waals surface area contributed by atoms with Crippen molar-refractivity contribution in [2.24, 2.45) is 0 Å². The Morgan fingerprint density at radius 3 is 2.85 bits per heavy atom. The molecule has 1 saturated carbocycles. The lowest BCUT2D eigenvalue weighted by Crippen LogP contribution is -2.48. The van der Waals surface area contributed by atoms with Crippen LogP contribution in [0.3, 0.4) is 0 Å². The van der Waals surface area contributed by atoms with Crippen molar-refractivity contribution >= 4 is 12.0 Å². The Bertz CT molecular complexity index is 490. The van der Waals surface area contributed by atoms with Crippen molar-refractivity contribution in [2.45, 2.75) is 31.2 Å². The molecule has 0 saturated heterocycles. The maximum absolute atomic E-state index is 12.0. The van der Waals surface area contributed by atoms with Gasteiger partial charge in [0.1, 0.15) is 5.75 Å². The van der Waals surface area contributed by atoms with Gasteiger partial charge in [-0.15, -0.1) is 0 Å². The first-order chi connectivity index (χ1) is 9.67. The molecule has 1 aromatic carbocycles. The molecule has 108 valence electrons. The molecule has 2 N–H and O–H groups in total. The van der Waals surface area contributed by atoms with E-state index in [4.69, 9.17) is 4.74 Å². The lowest BCUT2D eigenvalue weighted by Gasteiger charge is -2.27. The molecule has 4 heteroatoms. The van der Waals surface area contributed by atoms with Gasteiger partial charge >= 0.3 is 0 Å². The number of amides is 1. The van der Waals surface area contributed by atoms with Gasteiger partial charge in [-0.1, -0.05) is 25.0 Å². The van der Waals surface area contributed by atoms with E-state index in [0.717, 1.165) is 37.0 Å². The molecule has 2 rings (SSSR count). The van der Waals surface area contributed by atoms with Gasteiger partial charge in [0.25, 0.3) is 0 Å². The fraction of sp³-hybridized carbons (Fsp3) is 0.438. The second-order valence-electron chi connectivity index (χ2n) is 5.24. The van der Waals surface area contributed by atoms with Crippen molar-refractivity contribution in [3.63, 3.8) is 0 Å². The van der Waals surface area contributed by atoms with Gasteiger partial charge < -0.3 is 15.2 Å². The van der Waals surface area contributed by atoms with E-state index in [0.29, 0.717) is 0 Å². The summed E-state index contributed by atoms with van der Waals surface area (Å²) in [6.07, 6.45) is 7.06. The number of methoxy groups -OCH3 is 1. The fourth-order valence-electron chi connectivity index (χ4n) is 2.59. The molecule has 0 bridgehead atoms. The zero-order chi connectivity index (χ0) is 14.4. The molecule has 4 nitrogen and oxygen atoms in total. The minimum atomic E-state index is -0.421. The summed E-state index contributed by atoms with van der Waals surface area (Å²) in [4.78, 5) is 12.0. The molecule has 1 aliphatic carbocycles. The Kier molecular flexibility index (Phi) is 4.79. The number of rotatable bonds is 5. The number of aliphatic hydroxyl groups is 1. The summed E-state index contributed by atoms with van der Waals surface area (Å²) in [5.74, 6) is 0.596. The molecule has 20 heavy (non-hydrogen) atoms. The number of carbonyl (C=O) groups excluding carboxylic acids is 1. The lowest BCUT2D eigenvalue weighted by atomic mass is 9.99. The van der Waals surface area contributed by atoms with Crippen LogP contribution in [0.25, 0.3) is 6.08 Å². The van der Waals surface area contributed by atoms with E-state index in [9.17, 15) is 9.90 Å². The molecule has 1 fully saturated rings. The zero-order valence-corrected chi connectivity index (χ0v) is 11.8. The zero-order valence-electron chi connectivity index (χ0n) is 11.8. The summed E-state index contributed by atoms with van der Waals surface area (Å²) >= 11 is 0. The Morgan fingerprint density at radius 2 is 2.20 bits per heavy atom. The topological polar surface area (TPSA) is 58.6 Å². The molecule has 0 aliphatic heterocycles. The standard InChI is InChI=1S/C16H21NO3/c1-20-14-6-4-5-13(11-14)7-8-15(19)17-16(12-18)9-2-3-10-16/h4-8,11,18H,2-3,9-10,12H2,1H3,(H,17,19). The summed E-state index contributed by atoms with van der Waals surface area (Å²) in [5, 5.41) is 12.4. The van der Waals surface area contributed by atoms with Gasteiger partial charge in [-0.05, 0) is 36.6 Å². The average Bonchev–Trinajstić information content (AvgIpc) is 2.94. The van der Waals surface area contributed by atoms with Crippen molar-refractivity contribution in [3.05, 3.63) is 35.9 Å². The molecular formula is C16H21NO3. The van der Waals surface area contributed by atoms with Crippen LogP contribution in [0.2, 0.25) is 0 Å². The van der Waals surface area contributed by atoms with Gasteiger partial charge in [0.15, 0.2) is 0 Å². The van der Waals surface area contributed by atoms with E-state index < -0.39 is 5.54 Å². The van der Waals surface area contributed by atoms with Crippen LogP contribution in [0.1, 0.15) is 31.2 Å². The van der Waals surface area contributed by atoms with Gasteiger partial charge in [-0.2, -0.15) is 0 Å². The monoisotopic (exact) mass is 275 g/mol. The minimum absolute atomic E-state index is 0.00569. The largest absolute Gasteiger partial charge is 0.497 e. The number of ether oxygens (including phenoxy) is 1. The molecule has 0 unspecified atom stereocenters. The molecule has 0 spiro atoms. The molecule has 0 atom stereocenters. The van der Waals surface area contributed by atoms with Crippen molar-refractivity contribution in [1.29, 1.82) is 0 Å². The van der Waals surface area contributed by atoms with E-state index in [1.54, 1.807) is 13.2 Å². The number of nitrogens with one attached hydrogen (secondary N) is 1. The lowest BCUT2D eigenvalue weighted by molar-refractivity contribution is -0.118.